The minimum absolute atomic E-state index is 0.608. The zero-order chi connectivity index (χ0) is 16.1. The Bertz CT molecular complexity index is 507. The number of methoxy groups -OCH3 is 2. The molecule has 4 heteroatoms. The van der Waals surface area contributed by atoms with Crippen molar-refractivity contribution in [3.8, 4) is 11.5 Å². The lowest BCUT2D eigenvalue weighted by Gasteiger charge is -2.30. The van der Waals surface area contributed by atoms with Gasteiger partial charge in [-0.05, 0) is 43.2 Å². The van der Waals surface area contributed by atoms with Gasteiger partial charge in [0.2, 0.25) is 0 Å². The van der Waals surface area contributed by atoms with E-state index in [1.807, 2.05) is 24.3 Å². The molecule has 0 aromatic heterocycles. The molecule has 1 aromatic rings. The Labute approximate surface area is 135 Å². The lowest BCUT2D eigenvalue weighted by molar-refractivity contribution is 0.355. The molecule has 1 saturated heterocycles. The number of hydrogen-bond acceptors (Lipinski definition) is 3. The zero-order valence-corrected chi connectivity index (χ0v) is 14.1. The number of para-hydroxylation sites is 2. The van der Waals surface area contributed by atoms with Gasteiger partial charge >= 0.3 is 0 Å². The van der Waals surface area contributed by atoms with Crippen molar-refractivity contribution in [1.82, 2.24) is 4.90 Å². The van der Waals surface area contributed by atoms with Crippen LogP contribution >= 0.6 is 0 Å². The molecule has 2 unspecified atom stereocenters. The summed E-state index contributed by atoms with van der Waals surface area (Å²) in [7, 11) is 11.5. The van der Waals surface area contributed by atoms with E-state index in [0.717, 1.165) is 22.9 Å². The number of ether oxygens (including phenoxy) is 2. The predicted molar refractivity (Wildman–Crippen MR) is 91.5 cm³/mol. The summed E-state index contributed by atoms with van der Waals surface area (Å²) in [5.41, 5.74) is 2.61. The molecule has 0 saturated carbocycles. The number of rotatable bonds is 2. The first kappa shape index (κ1) is 16.8. The van der Waals surface area contributed by atoms with Gasteiger partial charge < -0.3 is 14.4 Å². The SMILES string of the molecule is COc1ccccc1OC.[B]C1=C2C(CCC1C)CCN2C. The number of benzene rings is 1. The van der Waals surface area contributed by atoms with E-state index in [1.165, 1.54) is 31.5 Å². The van der Waals surface area contributed by atoms with E-state index in [-0.39, 0.29) is 0 Å². The van der Waals surface area contributed by atoms with Crippen LogP contribution in [0.1, 0.15) is 26.2 Å². The van der Waals surface area contributed by atoms with Crippen molar-refractivity contribution in [2.24, 2.45) is 11.8 Å². The Hall–Kier alpha value is -1.58. The van der Waals surface area contributed by atoms with Crippen LogP contribution in [0.5, 0.6) is 11.5 Å². The van der Waals surface area contributed by atoms with Crippen molar-refractivity contribution in [1.29, 1.82) is 0 Å². The molecule has 1 fully saturated rings. The topological polar surface area (TPSA) is 21.7 Å². The van der Waals surface area contributed by atoms with Crippen molar-refractivity contribution >= 4 is 7.85 Å². The Morgan fingerprint density at radius 1 is 1.05 bits per heavy atom. The molecule has 2 atom stereocenters. The predicted octanol–water partition coefficient (Wildman–Crippen LogP) is 3.45. The van der Waals surface area contributed by atoms with Gasteiger partial charge in [0, 0.05) is 19.3 Å². The molecule has 3 rings (SSSR count). The summed E-state index contributed by atoms with van der Waals surface area (Å²) in [5.74, 6) is 2.93. The fourth-order valence-electron chi connectivity index (χ4n) is 3.30. The lowest BCUT2D eigenvalue weighted by Crippen LogP contribution is -2.21. The Morgan fingerprint density at radius 3 is 2.18 bits per heavy atom. The van der Waals surface area contributed by atoms with Crippen molar-refractivity contribution in [3.63, 3.8) is 0 Å². The van der Waals surface area contributed by atoms with Crippen molar-refractivity contribution < 1.29 is 9.47 Å². The number of likely N-dealkylation sites (tertiary alicyclic amines) is 1. The Kier molecular flexibility index (Phi) is 5.81. The first-order chi connectivity index (χ1) is 10.6. The molecule has 2 radical (unpaired) electrons. The van der Waals surface area contributed by atoms with Crippen LogP contribution in [-0.2, 0) is 0 Å². The summed E-state index contributed by atoms with van der Waals surface area (Å²) < 4.78 is 10.0. The fourth-order valence-corrected chi connectivity index (χ4v) is 3.30. The molecule has 1 aromatic carbocycles. The average molecular weight is 299 g/mol. The smallest absolute Gasteiger partial charge is 0.160 e. The molecule has 1 aliphatic carbocycles. The van der Waals surface area contributed by atoms with E-state index >= 15 is 0 Å². The van der Waals surface area contributed by atoms with Crippen LogP contribution < -0.4 is 9.47 Å². The quantitative estimate of drug-likeness (QED) is 0.781. The van der Waals surface area contributed by atoms with Crippen LogP contribution in [0.15, 0.2) is 35.4 Å². The molecule has 3 nitrogen and oxygen atoms in total. The summed E-state index contributed by atoms with van der Waals surface area (Å²) in [6, 6.07) is 7.53. The van der Waals surface area contributed by atoms with Gasteiger partial charge in [0.25, 0.3) is 0 Å². The van der Waals surface area contributed by atoms with Crippen molar-refractivity contribution in [2.75, 3.05) is 27.8 Å². The van der Waals surface area contributed by atoms with Gasteiger partial charge in [0.15, 0.2) is 11.5 Å². The molecular formula is C18H26BNO2. The third-order valence-electron chi connectivity index (χ3n) is 4.67. The summed E-state index contributed by atoms with van der Waals surface area (Å²) in [4.78, 5) is 2.34. The molecule has 0 N–H and O–H groups in total. The zero-order valence-electron chi connectivity index (χ0n) is 14.1. The number of allylic oxidation sites excluding steroid dienone is 2. The Balaban J connectivity index is 0.000000164. The van der Waals surface area contributed by atoms with Gasteiger partial charge in [-0.25, -0.2) is 0 Å². The van der Waals surface area contributed by atoms with Gasteiger partial charge in [-0.3, -0.25) is 0 Å². The maximum atomic E-state index is 6.09. The van der Waals surface area contributed by atoms with E-state index in [9.17, 15) is 0 Å². The summed E-state index contributed by atoms with van der Waals surface area (Å²) in [5, 5.41) is 0. The van der Waals surface area contributed by atoms with Gasteiger partial charge in [-0.2, -0.15) is 0 Å². The molecule has 1 heterocycles. The van der Waals surface area contributed by atoms with Gasteiger partial charge in [0.1, 0.15) is 7.85 Å². The standard InChI is InChI=1S/C10H16BN.C8H10O2/c1-7-3-4-8-5-6-12(2)10(8)9(7)11;1-9-7-5-3-4-6-8(7)10-2/h7-8H,3-6H2,1-2H3;3-6H,1-2H3. The van der Waals surface area contributed by atoms with Crippen LogP contribution in [-0.4, -0.2) is 40.6 Å². The van der Waals surface area contributed by atoms with E-state index in [1.54, 1.807) is 14.2 Å². The molecule has 2 aliphatic rings. The lowest BCUT2D eigenvalue weighted by atomic mass is 9.72. The number of hydrogen-bond donors (Lipinski definition) is 0. The van der Waals surface area contributed by atoms with Crippen LogP contribution in [0.4, 0.5) is 0 Å². The highest BCUT2D eigenvalue weighted by Gasteiger charge is 2.31. The number of fused-ring (bicyclic) bond motifs is 1. The maximum Gasteiger partial charge on any atom is 0.160 e. The molecule has 1 aliphatic heterocycles. The molecule has 0 spiro atoms. The molecule has 118 valence electrons. The third-order valence-corrected chi connectivity index (χ3v) is 4.67. The molecule has 0 bridgehead atoms. The molecule has 22 heavy (non-hydrogen) atoms. The summed E-state index contributed by atoms with van der Waals surface area (Å²) >= 11 is 0. The van der Waals surface area contributed by atoms with Crippen LogP contribution in [0.3, 0.4) is 0 Å². The van der Waals surface area contributed by atoms with E-state index in [0.29, 0.717) is 5.92 Å². The van der Waals surface area contributed by atoms with Gasteiger partial charge in [0.05, 0.1) is 14.2 Å². The third kappa shape index (κ3) is 3.60. The second-order valence-electron chi connectivity index (χ2n) is 6.08. The normalized spacial score (nSPS) is 23.5. The maximum absolute atomic E-state index is 6.09. The second-order valence-corrected chi connectivity index (χ2v) is 6.08. The summed E-state index contributed by atoms with van der Waals surface area (Å²) in [6.45, 7) is 3.44. The average Bonchev–Trinajstić information content (AvgIpc) is 2.93. The monoisotopic (exact) mass is 299 g/mol. The highest BCUT2D eigenvalue weighted by atomic mass is 16.5. The highest BCUT2D eigenvalue weighted by Crippen LogP contribution is 2.39. The number of nitrogens with zero attached hydrogens (tertiary/aromatic N) is 1. The van der Waals surface area contributed by atoms with E-state index in [4.69, 9.17) is 17.3 Å². The van der Waals surface area contributed by atoms with Crippen LogP contribution in [0.25, 0.3) is 0 Å². The molecule has 0 amide bonds. The summed E-state index contributed by atoms with van der Waals surface area (Å²) in [6.07, 6.45) is 3.95. The van der Waals surface area contributed by atoms with E-state index < -0.39 is 0 Å². The second kappa shape index (κ2) is 7.62. The minimum atomic E-state index is 0.608. The molecular weight excluding hydrogens is 273 g/mol. The largest absolute Gasteiger partial charge is 0.493 e. The first-order valence-electron chi connectivity index (χ1n) is 7.96. The van der Waals surface area contributed by atoms with E-state index in [2.05, 4.69) is 18.9 Å². The first-order valence-corrected chi connectivity index (χ1v) is 7.96. The Morgan fingerprint density at radius 2 is 1.64 bits per heavy atom. The van der Waals surface area contributed by atoms with Crippen molar-refractivity contribution in [2.45, 2.75) is 26.2 Å². The van der Waals surface area contributed by atoms with Gasteiger partial charge in [-0.1, -0.05) is 24.5 Å². The van der Waals surface area contributed by atoms with Crippen molar-refractivity contribution in [3.05, 3.63) is 35.4 Å². The minimum Gasteiger partial charge on any atom is -0.493 e. The highest BCUT2D eigenvalue weighted by molar-refractivity contribution is 6.22. The fraction of sp³-hybridized carbons (Fsp3) is 0.556. The van der Waals surface area contributed by atoms with Crippen LogP contribution in [0.2, 0.25) is 0 Å². The van der Waals surface area contributed by atoms with Gasteiger partial charge in [-0.15, -0.1) is 0 Å². The van der Waals surface area contributed by atoms with Crippen LogP contribution in [0, 0.1) is 11.8 Å².